The second-order valence-electron chi connectivity index (χ2n) is 6.49. The Morgan fingerprint density at radius 1 is 1.39 bits per heavy atom. The lowest BCUT2D eigenvalue weighted by atomic mass is 9.73. The van der Waals surface area contributed by atoms with Crippen molar-refractivity contribution in [2.24, 2.45) is 5.41 Å². The molecule has 0 atom stereocenters. The molecule has 1 rings (SSSR count). The molecule has 5 heteroatoms. The lowest BCUT2D eigenvalue weighted by molar-refractivity contribution is -0.138. The van der Waals surface area contributed by atoms with Crippen LogP contribution < -0.4 is 0 Å². The van der Waals surface area contributed by atoms with Crippen molar-refractivity contribution < 1.29 is 19.4 Å². The van der Waals surface area contributed by atoms with Crippen LogP contribution in [0.4, 0.5) is 0 Å². The first-order valence-corrected chi connectivity index (χ1v) is 8.12. The maximum Gasteiger partial charge on any atom is 0.349 e. The summed E-state index contributed by atoms with van der Waals surface area (Å²) in [7, 11) is 0. The fourth-order valence-electron chi connectivity index (χ4n) is 2.88. The van der Waals surface area contributed by atoms with Crippen molar-refractivity contribution in [1.82, 2.24) is 0 Å². The zero-order chi connectivity index (χ0) is 17.3. The summed E-state index contributed by atoms with van der Waals surface area (Å²) >= 11 is 0. The van der Waals surface area contributed by atoms with Gasteiger partial charge in [-0.2, -0.15) is 5.26 Å². The van der Waals surface area contributed by atoms with Crippen LogP contribution in [0.3, 0.4) is 0 Å². The number of rotatable bonds is 8. The van der Waals surface area contributed by atoms with Gasteiger partial charge in [-0.3, -0.25) is 0 Å². The van der Waals surface area contributed by atoms with E-state index >= 15 is 0 Å². The van der Waals surface area contributed by atoms with Crippen LogP contribution in [0.25, 0.3) is 0 Å². The van der Waals surface area contributed by atoms with Gasteiger partial charge in [0.15, 0.2) is 0 Å². The average molecular weight is 321 g/mol. The summed E-state index contributed by atoms with van der Waals surface area (Å²) in [6, 6.07) is 2.01. The van der Waals surface area contributed by atoms with E-state index in [0.29, 0.717) is 19.6 Å². The number of esters is 1. The number of carbonyl (C=O) groups excluding carboxylic acids is 1. The molecule has 0 spiro atoms. The Hall–Kier alpha value is -1.64. The molecule has 0 saturated heterocycles. The first-order chi connectivity index (χ1) is 10.9. The monoisotopic (exact) mass is 321 g/mol. The lowest BCUT2D eigenvalue weighted by Gasteiger charge is -2.31. The summed E-state index contributed by atoms with van der Waals surface area (Å²) in [6.07, 6.45) is 5.33. The molecule has 1 N–H and O–H groups in total. The minimum Gasteiger partial charge on any atom is -0.462 e. The first kappa shape index (κ1) is 19.4. The van der Waals surface area contributed by atoms with E-state index in [4.69, 9.17) is 14.6 Å². The standard InChI is InChI=1S/C18H27NO4/c1-4-23-17(21)16(13-19)15-10-14(11-18(2,3)12-15)6-5-8-22-9-7-20/h10,20H,4-9,11-12H2,1-3H3/b16-15+. The Morgan fingerprint density at radius 3 is 2.74 bits per heavy atom. The van der Waals surface area contributed by atoms with Gasteiger partial charge in [-0.05, 0) is 43.6 Å². The number of carbonyl (C=O) groups is 1. The Bertz CT molecular complexity index is 512. The molecule has 0 saturated carbocycles. The van der Waals surface area contributed by atoms with Crippen molar-refractivity contribution >= 4 is 5.97 Å². The molecule has 5 nitrogen and oxygen atoms in total. The van der Waals surface area contributed by atoms with Crippen molar-refractivity contribution in [2.45, 2.75) is 46.5 Å². The van der Waals surface area contributed by atoms with E-state index in [1.165, 1.54) is 5.57 Å². The van der Waals surface area contributed by atoms with Crippen LogP contribution in [-0.2, 0) is 14.3 Å². The third-order valence-corrected chi connectivity index (χ3v) is 3.69. The van der Waals surface area contributed by atoms with Gasteiger partial charge in [-0.15, -0.1) is 0 Å². The fraction of sp³-hybridized carbons (Fsp3) is 0.667. The summed E-state index contributed by atoms with van der Waals surface area (Å²) in [4.78, 5) is 11.9. The van der Waals surface area contributed by atoms with Gasteiger partial charge in [0.25, 0.3) is 0 Å². The summed E-state index contributed by atoms with van der Waals surface area (Å²) in [5, 5.41) is 18.0. The number of nitriles is 1. The average Bonchev–Trinajstić information content (AvgIpc) is 2.46. The van der Waals surface area contributed by atoms with Crippen LogP contribution in [-0.4, -0.2) is 37.5 Å². The van der Waals surface area contributed by atoms with E-state index in [1.807, 2.05) is 12.1 Å². The highest BCUT2D eigenvalue weighted by molar-refractivity contribution is 5.94. The molecule has 0 unspecified atom stereocenters. The third kappa shape index (κ3) is 6.55. The van der Waals surface area contributed by atoms with Gasteiger partial charge < -0.3 is 14.6 Å². The van der Waals surface area contributed by atoms with Crippen LogP contribution in [0.1, 0.15) is 46.5 Å². The van der Waals surface area contributed by atoms with Gasteiger partial charge in [0, 0.05) is 6.61 Å². The van der Waals surface area contributed by atoms with Crippen LogP contribution >= 0.6 is 0 Å². The smallest absolute Gasteiger partial charge is 0.349 e. The number of hydrogen-bond donors (Lipinski definition) is 1. The molecule has 0 aromatic carbocycles. The summed E-state index contributed by atoms with van der Waals surface area (Å²) < 4.78 is 10.3. The maximum atomic E-state index is 11.9. The van der Waals surface area contributed by atoms with Gasteiger partial charge >= 0.3 is 5.97 Å². The molecule has 1 aliphatic rings. The first-order valence-electron chi connectivity index (χ1n) is 8.12. The third-order valence-electron chi connectivity index (χ3n) is 3.69. The van der Waals surface area contributed by atoms with Gasteiger partial charge in [0.05, 0.1) is 19.8 Å². The van der Waals surface area contributed by atoms with Gasteiger partial charge in [0.2, 0.25) is 0 Å². The number of nitrogens with zero attached hydrogens (tertiary/aromatic N) is 1. The summed E-state index contributed by atoms with van der Waals surface area (Å²) in [5.41, 5.74) is 2.13. The van der Waals surface area contributed by atoms with Crippen molar-refractivity contribution in [2.75, 3.05) is 26.4 Å². The molecule has 1 aliphatic carbocycles. The minimum absolute atomic E-state index is 0.0139. The highest BCUT2D eigenvalue weighted by Crippen LogP contribution is 2.40. The predicted octanol–water partition coefficient (Wildman–Crippen LogP) is 2.91. The number of hydrogen-bond acceptors (Lipinski definition) is 5. The van der Waals surface area contributed by atoms with Crippen LogP contribution in [0, 0.1) is 16.7 Å². The van der Waals surface area contributed by atoms with Gasteiger partial charge in [0.1, 0.15) is 11.6 Å². The molecule has 0 amide bonds. The molecular formula is C18H27NO4. The van der Waals surface area contributed by atoms with Crippen LogP contribution in [0.5, 0.6) is 0 Å². The van der Waals surface area contributed by atoms with Gasteiger partial charge in [-0.1, -0.05) is 25.5 Å². The number of ether oxygens (including phenoxy) is 2. The Labute approximate surface area is 138 Å². The van der Waals surface area contributed by atoms with E-state index < -0.39 is 5.97 Å². The highest BCUT2D eigenvalue weighted by Gasteiger charge is 2.28. The second-order valence-corrected chi connectivity index (χ2v) is 6.49. The Kier molecular flexibility index (Phi) is 8.01. The summed E-state index contributed by atoms with van der Waals surface area (Å²) in [5.74, 6) is -0.537. The Balaban J connectivity index is 2.87. The van der Waals surface area contributed by atoms with E-state index in [9.17, 15) is 10.1 Å². The topological polar surface area (TPSA) is 79.6 Å². The molecule has 0 radical (unpaired) electrons. The number of aliphatic hydroxyl groups excluding tert-OH is 1. The van der Waals surface area contributed by atoms with E-state index in [1.54, 1.807) is 6.92 Å². The van der Waals surface area contributed by atoms with Crippen molar-refractivity contribution in [3.8, 4) is 6.07 Å². The zero-order valence-electron chi connectivity index (χ0n) is 14.4. The molecule has 128 valence electrons. The fourth-order valence-corrected chi connectivity index (χ4v) is 2.88. The molecule has 0 fully saturated rings. The largest absolute Gasteiger partial charge is 0.462 e. The molecule has 23 heavy (non-hydrogen) atoms. The van der Waals surface area contributed by atoms with E-state index in [-0.39, 0.29) is 24.2 Å². The lowest BCUT2D eigenvalue weighted by Crippen LogP contribution is -2.20. The molecular weight excluding hydrogens is 294 g/mol. The second kappa shape index (κ2) is 9.49. The van der Waals surface area contributed by atoms with Crippen molar-refractivity contribution in [3.05, 3.63) is 22.8 Å². The number of aliphatic hydroxyl groups is 1. The highest BCUT2D eigenvalue weighted by atomic mass is 16.5. The molecule has 0 bridgehead atoms. The quantitative estimate of drug-likeness (QED) is 0.322. The zero-order valence-corrected chi connectivity index (χ0v) is 14.4. The molecule has 0 heterocycles. The minimum atomic E-state index is -0.537. The van der Waals surface area contributed by atoms with Crippen molar-refractivity contribution in [1.29, 1.82) is 5.26 Å². The Morgan fingerprint density at radius 2 is 2.13 bits per heavy atom. The molecule has 0 aliphatic heterocycles. The molecule has 0 aromatic heterocycles. The summed E-state index contributed by atoms with van der Waals surface area (Å²) in [6.45, 7) is 7.27. The van der Waals surface area contributed by atoms with E-state index in [2.05, 4.69) is 13.8 Å². The van der Waals surface area contributed by atoms with Gasteiger partial charge in [-0.25, -0.2) is 4.79 Å². The molecule has 0 aromatic rings. The van der Waals surface area contributed by atoms with Crippen LogP contribution in [0.2, 0.25) is 0 Å². The maximum absolute atomic E-state index is 11.9. The van der Waals surface area contributed by atoms with Crippen molar-refractivity contribution in [3.63, 3.8) is 0 Å². The predicted molar refractivity (Wildman–Crippen MR) is 87.5 cm³/mol. The van der Waals surface area contributed by atoms with E-state index in [0.717, 1.165) is 24.8 Å². The SMILES string of the molecule is CCOC(=O)/C(C#N)=C1\C=C(CCCOCCO)CC(C)(C)C1. The van der Waals surface area contributed by atoms with Crippen LogP contribution in [0.15, 0.2) is 22.8 Å². The number of allylic oxidation sites excluding steroid dienone is 3. The normalized spacial score (nSPS) is 18.8.